The molecule has 32 heavy (non-hydrogen) atoms. The standard InChI is InChI=1S/C26H29N5O/c1-16-5-7-27-23(9-16)30-22-4-2-3-21(29-22)18-6-8-28-24(12-18)31-25-19-10-17-11-20(25)15-26(32,13-17)14-19/h2-9,12,17,19-20,25,32H,10-11,13-15H2,1H3,(H,28,31)(H,27,29,30). The van der Waals surface area contributed by atoms with Crippen LogP contribution in [0, 0.1) is 24.7 Å². The second-order valence-electron chi connectivity index (χ2n) is 10.0. The van der Waals surface area contributed by atoms with Gasteiger partial charge in [-0.3, -0.25) is 0 Å². The van der Waals surface area contributed by atoms with Crippen LogP contribution in [0.25, 0.3) is 11.3 Å². The summed E-state index contributed by atoms with van der Waals surface area (Å²) in [6.45, 7) is 2.05. The second-order valence-corrected chi connectivity index (χ2v) is 10.0. The molecule has 4 aliphatic rings. The lowest BCUT2D eigenvalue weighted by Crippen LogP contribution is -2.59. The van der Waals surface area contributed by atoms with Crippen molar-refractivity contribution >= 4 is 17.5 Å². The van der Waals surface area contributed by atoms with Gasteiger partial charge < -0.3 is 15.7 Å². The van der Waals surface area contributed by atoms with Crippen LogP contribution < -0.4 is 10.6 Å². The van der Waals surface area contributed by atoms with E-state index in [0.29, 0.717) is 23.8 Å². The van der Waals surface area contributed by atoms with Crippen LogP contribution in [-0.2, 0) is 0 Å². The molecule has 0 spiro atoms. The second kappa shape index (κ2) is 7.55. The lowest BCUT2D eigenvalue weighted by molar-refractivity contribution is -0.129. The fraction of sp³-hybridized carbons (Fsp3) is 0.423. The zero-order valence-corrected chi connectivity index (χ0v) is 18.3. The molecule has 6 nitrogen and oxygen atoms in total. The Morgan fingerprint density at radius 1 is 0.906 bits per heavy atom. The molecule has 6 heteroatoms. The van der Waals surface area contributed by atoms with Crippen LogP contribution in [0.5, 0.6) is 0 Å². The maximum atomic E-state index is 10.9. The third-order valence-electron chi connectivity index (χ3n) is 7.53. The van der Waals surface area contributed by atoms with Crippen molar-refractivity contribution < 1.29 is 5.11 Å². The molecule has 0 amide bonds. The van der Waals surface area contributed by atoms with Gasteiger partial charge in [-0.2, -0.15) is 0 Å². The molecule has 0 saturated heterocycles. The summed E-state index contributed by atoms with van der Waals surface area (Å²) in [5, 5.41) is 17.9. The number of hydrogen-bond acceptors (Lipinski definition) is 6. The van der Waals surface area contributed by atoms with Gasteiger partial charge in [0.2, 0.25) is 0 Å². The molecule has 0 aliphatic heterocycles. The van der Waals surface area contributed by atoms with Crippen LogP contribution in [0.1, 0.15) is 37.7 Å². The maximum Gasteiger partial charge on any atom is 0.132 e. The molecular formula is C26H29N5O. The first kappa shape index (κ1) is 19.7. The summed E-state index contributed by atoms with van der Waals surface area (Å²) in [7, 11) is 0. The van der Waals surface area contributed by atoms with Crippen LogP contribution in [0.2, 0.25) is 0 Å². The van der Waals surface area contributed by atoms with Gasteiger partial charge >= 0.3 is 0 Å². The molecule has 2 atom stereocenters. The molecule has 3 N–H and O–H groups in total. The number of aryl methyl sites for hydroxylation is 1. The quantitative estimate of drug-likeness (QED) is 0.535. The van der Waals surface area contributed by atoms with E-state index in [2.05, 4.69) is 26.7 Å². The minimum absolute atomic E-state index is 0.405. The van der Waals surface area contributed by atoms with E-state index in [-0.39, 0.29) is 0 Å². The molecule has 4 bridgehead atoms. The van der Waals surface area contributed by atoms with Gasteiger partial charge in [-0.25, -0.2) is 15.0 Å². The number of nitrogens with zero attached hydrogens (tertiary/aromatic N) is 3. The summed E-state index contributed by atoms with van der Waals surface area (Å²) in [6, 6.07) is 14.5. The predicted octanol–water partition coefficient (Wildman–Crippen LogP) is 4.94. The first-order chi connectivity index (χ1) is 15.5. The molecule has 3 heterocycles. The summed E-state index contributed by atoms with van der Waals surface area (Å²) in [6.07, 6.45) is 8.99. The highest BCUT2D eigenvalue weighted by Crippen LogP contribution is 2.56. The molecule has 0 aromatic carbocycles. The number of nitrogens with one attached hydrogen (secondary N) is 2. The number of aliphatic hydroxyl groups is 1. The molecule has 7 rings (SSSR count). The first-order valence-electron chi connectivity index (χ1n) is 11.7. The Balaban J connectivity index is 1.21. The number of pyridine rings is 3. The van der Waals surface area contributed by atoms with Crippen molar-refractivity contribution in [2.24, 2.45) is 17.8 Å². The van der Waals surface area contributed by atoms with Crippen LogP contribution in [0.4, 0.5) is 17.5 Å². The molecule has 0 radical (unpaired) electrons. The van der Waals surface area contributed by atoms with Crippen molar-refractivity contribution in [3.8, 4) is 11.3 Å². The molecule has 4 aliphatic carbocycles. The summed E-state index contributed by atoms with van der Waals surface area (Å²) in [5.74, 6) is 4.24. The fourth-order valence-corrected chi connectivity index (χ4v) is 6.46. The summed E-state index contributed by atoms with van der Waals surface area (Å²) >= 11 is 0. The first-order valence-corrected chi connectivity index (χ1v) is 11.7. The van der Waals surface area contributed by atoms with E-state index in [4.69, 9.17) is 4.98 Å². The van der Waals surface area contributed by atoms with Gasteiger partial charge in [0.15, 0.2) is 0 Å². The molecule has 3 aromatic heterocycles. The Bertz CT molecular complexity index is 1130. The predicted molar refractivity (Wildman–Crippen MR) is 126 cm³/mol. The molecule has 4 saturated carbocycles. The Labute approximate surface area is 188 Å². The lowest BCUT2D eigenvalue weighted by Gasteiger charge is -2.58. The van der Waals surface area contributed by atoms with Gasteiger partial charge in [-0.05, 0) is 98.7 Å². The highest BCUT2D eigenvalue weighted by Gasteiger charge is 2.54. The topological polar surface area (TPSA) is 83.0 Å². The Kier molecular flexibility index (Phi) is 4.65. The van der Waals surface area contributed by atoms with E-state index in [9.17, 15) is 5.11 Å². The monoisotopic (exact) mass is 427 g/mol. The molecular weight excluding hydrogens is 398 g/mol. The number of rotatable bonds is 5. The van der Waals surface area contributed by atoms with E-state index in [0.717, 1.165) is 53.5 Å². The van der Waals surface area contributed by atoms with E-state index in [1.165, 1.54) is 12.8 Å². The van der Waals surface area contributed by atoms with Gasteiger partial charge in [-0.1, -0.05) is 6.07 Å². The molecule has 3 aromatic rings. The van der Waals surface area contributed by atoms with E-state index < -0.39 is 5.60 Å². The zero-order valence-electron chi connectivity index (χ0n) is 18.3. The van der Waals surface area contributed by atoms with Gasteiger partial charge in [0, 0.05) is 24.0 Å². The van der Waals surface area contributed by atoms with E-state index >= 15 is 0 Å². The SMILES string of the molecule is Cc1ccnc(Nc2cccc(-c3ccnc(NC4C5CC6CC4CC(O)(C6)C5)c3)n2)c1. The normalized spacial score (nSPS) is 30.3. The Morgan fingerprint density at radius 3 is 2.47 bits per heavy atom. The minimum atomic E-state index is -0.409. The highest BCUT2D eigenvalue weighted by molar-refractivity contribution is 5.65. The Hall–Kier alpha value is -2.99. The summed E-state index contributed by atoms with van der Waals surface area (Å²) in [4.78, 5) is 13.8. The fourth-order valence-electron chi connectivity index (χ4n) is 6.46. The van der Waals surface area contributed by atoms with E-state index in [1.54, 1.807) is 6.20 Å². The van der Waals surface area contributed by atoms with Crippen molar-refractivity contribution in [2.75, 3.05) is 10.6 Å². The smallest absolute Gasteiger partial charge is 0.132 e. The molecule has 164 valence electrons. The molecule has 4 fully saturated rings. The lowest BCUT2D eigenvalue weighted by atomic mass is 9.52. The van der Waals surface area contributed by atoms with Gasteiger partial charge in [0.1, 0.15) is 17.5 Å². The summed E-state index contributed by atoms with van der Waals surface area (Å²) in [5.41, 5.74) is 2.67. The molecule has 2 unspecified atom stereocenters. The Morgan fingerprint density at radius 2 is 1.69 bits per heavy atom. The maximum absolute atomic E-state index is 10.9. The van der Waals surface area contributed by atoms with Crippen LogP contribution >= 0.6 is 0 Å². The summed E-state index contributed by atoms with van der Waals surface area (Å²) < 4.78 is 0. The van der Waals surface area contributed by atoms with Crippen molar-refractivity contribution in [1.29, 1.82) is 0 Å². The number of hydrogen-bond donors (Lipinski definition) is 3. The van der Waals surface area contributed by atoms with Crippen LogP contribution in [-0.4, -0.2) is 31.7 Å². The number of aromatic nitrogens is 3. The highest BCUT2D eigenvalue weighted by atomic mass is 16.3. The minimum Gasteiger partial charge on any atom is -0.390 e. The third kappa shape index (κ3) is 3.73. The zero-order chi connectivity index (χ0) is 21.7. The number of anilines is 3. The average Bonchev–Trinajstić information content (AvgIpc) is 2.76. The largest absolute Gasteiger partial charge is 0.390 e. The van der Waals surface area contributed by atoms with Gasteiger partial charge in [0.25, 0.3) is 0 Å². The van der Waals surface area contributed by atoms with Gasteiger partial charge in [0.05, 0.1) is 11.3 Å². The van der Waals surface area contributed by atoms with Crippen LogP contribution in [0.15, 0.2) is 54.9 Å². The van der Waals surface area contributed by atoms with Crippen molar-refractivity contribution in [3.05, 3.63) is 60.4 Å². The van der Waals surface area contributed by atoms with Gasteiger partial charge in [-0.15, -0.1) is 0 Å². The van der Waals surface area contributed by atoms with Crippen molar-refractivity contribution in [2.45, 2.75) is 50.7 Å². The van der Waals surface area contributed by atoms with Crippen molar-refractivity contribution in [3.63, 3.8) is 0 Å². The third-order valence-corrected chi connectivity index (χ3v) is 7.53. The van der Waals surface area contributed by atoms with Crippen molar-refractivity contribution in [1.82, 2.24) is 15.0 Å². The van der Waals surface area contributed by atoms with Crippen LogP contribution in [0.3, 0.4) is 0 Å². The van der Waals surface area contributed by atoms with E-state index in [1.807, 2.05) is 49.5 Å². The average molecular weight is 428 g/mol.